The lowest BCUT2D eigenvalue weighted by molar-refractivity contribution is -0.131. The number of carbonyl (C=O) groups is 1. The number of hydrogen-bond donors (Lipinski definition) is 2. The summed E-state index contributed by atoms with van der Waals surface area (Å²) < 4.78 is 14.6. The van der Waals surface area contributed by atoms with Gasteiger partial charge in [-0.05, 0) is 95.2 Å². The number of aliphatic carboxylic acids is 1. The summed E-state index contributed by atoms with van der Waals surface area (Å²) in [6, 6.07) is 17.8. The zero-order chi connectivity index (χ0) is 26.6. The molecular weight excluding hydrogens is 477 g/mol. The van der Waals surface area contributed by atoms with Crippen LogP contribution in [0.1, 0.15) is 67.5 Å². The summed E-state index contributed by atoms with van der Waals surface area (Å²) >= 11 is 0. The van der Waals surface area contributed by atoms with E-state index in [1.807, 2.05) is 54.7 Å². The third-order valence-electron chi connectivity index (χ3n) is 7.33. The van der Waals surface area contributed by atoms with Crippen LogP contribution in [0.15, 0.2) is 66.9 Å². The molecule has 5 rings (SSSR count). The second-order valence-electron chi connectivity index (χ2n) is 10.4. The molecule has 2 aromatic heterocycles. The maximum atomic E-state index is 14.6. The van der Waals surface area contributed by atoms with E-state index < -0.39 is 11.9 Å². The van der Waals surface area contributed by atoms with E-state index in [9.17, 15) is 9.18 Å². The topological polar surface area (TPSA) is 78.9 Å². The SMILES string of the molecule is CC(C)CCc1cccnc1/C(=C(\c1ccc(/C=C/C(=O)O)cc1)c1ccc2n[nH]c(F)c2c1)C1CCC1. The Morgan fingerprint density at radius 3 is 2.58 bits per heavy atom. The molecule has 0 aliphatic heterocycles. The second-order valence-corrected chi connectivity index (χ2v) is 10.4. The van der Waals surface area contributed by atoms with Crippen molar-refractivity contribution < 1.29 is 14.3 Å². The Morgan fingerprint density at radius 2 is 1.89 bits per heavy atom. The van der Waals surface area contributed by atoms with Crippen LogP contribution in [0.4, 0.5) is 4.39 Å². The third kappa shape index (κ3) is 5.44. The van der Waals surface area contributed by atoms with Gasteiger partial charge in [0.15, 0.2) is 0 Å². The molecule has 1 aliphatic carbocycles. The maximum Gasteiger partial charge on any atom is 0.328 e. The van der Waals surface area contributed by atoms with Crippen molar-refractivity contribution in [1.29, 1.82) is 0 Å². The highest BCUT2D eigenvalue weighted by molar-refractivity contribution is 6.01. The normalized spacial score (nSPS) is 14.7. The molecule has 0 amide bonds. The molecule has 0 bridgehead atoms. The van der Waals surface area contributed by atoms with Crippen LogP contribution >= 0.6 is 0 Å². The smallest absolute Gasteiger partial charge is 0.328 e. The van der Waals surface area contributed by atoms with Crippen LogP contribution in [-0.2, 0) is 11.2 Å². The number of H-pyrrole nitrogens is 1. The molecule has 2 N–H and O–H groups in total. The number of carboxylic acids is 1. The predicted molar refractivity (Wildman–Crippen MR) is 150 cm³/mol. The van der Waals surface area contributed by atoms with Gasteiger partial charge in [-0.1, -0.05) is 56.7 Å². The van der Waals surface area contributed by atoms with Gasteiger partial charge in [-0.25, -0.2) is 4.79 Å². The van der Waals surface area contributed by atoms with E-state index in [-0.39, 0.29) is 0 Å². The number of nitrogens with zero attached hydrogens (tertiary/aromatic N) is 2. The van der Waals surface area contributed by atoms with Crippen molar-refractivity contribution >= 4 is 34.1 Å². The number of carboxylic acid groups (broad SMARTS) is 1. The Hall–Kier alpha value is -4.06. The van der Waals surface area contributed by atoms with Crippen molar-refractivity contribution in [3.63, 3.8) is 0 Å². The number of aromatic nitrogens is 3. The Balaban J connectivity index is 1.74. The summed E-state index contributed by atoms with van der Waals surface area (Å²) in [4.78, 5) is 15.9. The van der Waals surface area contributed by atoms with E-state index in [2.05, 4.69) is 30.1 Å². The number of allylic oxidation sites excluding steroid dienone is 1. The minimum Gasteiger partial charge on any atom is -0.478 e. The Kier molecular flexibility index (Phi) is 7.50. The summed E-state index contributed by atoms with van der Waals surface area (Å²) in [5.41, 5.74) is 7.78. The fourth-order valence-corrected chi connectivity index (χ4v) is 5.08. The Labute approximate surface area is 222 Å². The molecule has 2 heterocycles. The minimum atomic E-state index is -0.985. The lowest BCUT2D eigenvalue weighted by atomic mass is 9.73. The monoisotopic (exact) mass is 509 g/mol. The standard InChI is InChI=1S/C32H32FN3O2/c1-20(2)8-12-24-7-4-18-34-31(24)30(22-5-3-6-22)29(23-13-9-21(10-14-23)11-17-28(37)38)25-15-16-27-26(19-25)32(33)36-35-27/h4,7,9-11,13-20,22H,3,5-6,8,12H2,1-2H3,(H,35,36)(H,37,38)/b17-11+,30-29+. The van der Waals surface area contributed by atoms with Gasteiger partial charge in [0.1, 0.15) is 0 Å². The highest BCUT2D eigenvalue weighted by Gasteiger charge is 2.29. The number of halogens is 1. The zero-order valence-corrected chi connectivity index (χ0v) is 21.7. The van der Waals surface area contributed by atoms with Gasteiger partial charge < -0.3 is 5.11 Å². The first kappa shape index (κ1) is 25.6. The highest BCUT2D eigenvalue weighted by atomic mass is 19.1. The van der Waals surface area contributed by atoms with Gasteiger partial charge in [-0.2, -0.15) is 9.49 Å². The number of hydrogen-bond acceptors (Lipinski definition) is 3. The first-order chi connectivity index (χ1) is 18.4. The molecule has 0 saturated heterocycles. The average molecular weight is 510 g/mol. The Bertz CT molecular complexity index is 1510. The molecule has 0 unspecified atom stereocenters. The lowest BCUT2D eigenvalue weighted by Crippen LogP contribution is -2.17. The van der Waals surface area contributed by atoms with Crippen molar-refractivity contribution in [2.75, 3.05) is 0 Å². The van der Waals surface area contributed by atoms with Crippen LogP contribution in [0, 0.1) is 17.8 Å². The van der Waals surface area contributed by atoms with E-state index in [4.69, 9.17) is 10.1 Å². The van der Waals surface area contributed by atoms with Gasteiger partial charge >= 0.3 is 5.97 Å². The third-order valence-corrected chi connectivity index (χ3v) is 7.33. The molecular formula is C32H32FN3O2. The molecule has 5 nitrogen and oxygen atoms in total. The van der Waals surface area contributed by atoms with Gasteiger partial charge in [0.05, 0.1) is 16.6 Å². The highest BCUT2D eigenvalue weighted by Crippen LogP contribution is 2.45. The van der Waals surface area contributed by atoms with E-state index in [0.29, 0.717) is 22.7 Å². The quantitative estimate of drug-likeness (QED) is 0.228. The van der Waals surface area contributed by atoms with Crippen molar-refractivity contribution in [2.24, 2.45) is 11.8 Å². The van der Waals surface area contributed by atoms with Crippen LogP contribution in [0.3, 0.4) is 0 Å². The van der Waals surface area contributed by atoms with Crippen LogP contribution in [0.5, 0.6) is 0 Å². The summed E-state index contributed by atoms with van der Waals surface area (Å²) in [5, 5.41) is 16.0. The fraction of sp³-hybridized carbons (Fsp3) is 0.281. The van der Waals surface area contributed by atoms with Crippen LogP contribution < -0.4 is 0 Å². The summed E-state index contributed by atoms with van der Waals surface area (Å²) in [6.07, 6.45) is 9.93. The summed E-state index contributed by atoms with van der Waals surface area (Å²) in [6.45, 7) is 4.47. The first-order valence-electron chi connectivity index (χ1n) is 13.2. The van der Waals surface area contributed by atoms with Gasteiger partial charge in [0.25, 0.3) is 0 Å². The molecule has 2 aromatic carbocycles. The fourth-order valence-electron chi connectivity index (χ4n) is 5.08. The molecule has 6 heteroatoms. The van der Waals surface area contributed by atoms with E-state index in [1.165, 1.54) is 17.6 Å². The molecule has 1 saturated carbocycles. The molecule has 0 radical (unpaired) electrons. The van der Waals surface area contributed by atoms with Gasteiger partial charge in [0, 0.05) is 12.3 Å². The molecule has 4 aromatic rings. The van der Waals surface area contributed by atoms with Crippen molar-refractivity contribution in [3.8, 4) is 0 Å². The molecule has 38 heavy (non-hydrogen) atoms. The van der Waals surface area contributed by atoms with Crippen LogP contribution in [-0.4, -0.2) is 26.3 Å². The van der Waals surface area contributed by atoms with Crippen LogP contribution in [0.25, 0.3) is 28.1 Å². The minimum absolute atomic E-state index is 0.356. The van der Waals surface area contributed by atoms with Gasteiger partial charge in [-0.3, -0.25) is 10.1 Å². The zero-order valence-electron chi connectivity index (χ0n) is 21.7. The molecule has 0 spiro atoms. The van der Waals surface area contributed by atoms with Crippen molar-refractivity contribution in [2.45, 2.75) is 46.0 Å². The number of fused-ring (bicyclic) bond motifs is 1. The van der Waals surface area contributed by atoms with Crippen LogP contribution in [0.2, 0.25) is 0 Å². The molecule has 1 aliphatic rings. The van der Waals surface area contributed by atoms with E-state index in [0.717, 1.165) is 59.7 Å². The lowest BCUT2D eigenvalue weighted by Gasteiger charge is -2.32. The van der Waals surface area contributed by atoms with E-state index in [1.54, 1.807) is 6.08 Å². The number of rotatable bonds is 9. The number of aryl methyl sites for hydroxylation is 1. The molecule has 1 fully saturated rings. The number of pyridine rings is 1. The number of benzene rings is 2. The van der Waals surface area contributed by atoms with E-state index >= 15 is 0 Å². The predicted octanol–water partition coefficient (Wildman–Crippen LogP) is 7.54. The summed E-state index contributed by atoms with van der Waals surface area (Å²) in [7, 11) is 0. The second kappa shape index (κ2) is 11.1. The average Bonchev–Trinajstić information content (AvgIpc) is 3.25. The molecule has 194 valence electrons. The molecule has 0 atom stereocenters. The first-order valence-corrected chi connectivity index (χ1v) is 13.2. The number of aromatic amines is 1. The summed E-state index contributed by atoms with van der Waals surface area (Å²) in [5.74, 6) is -0.497. The van der Waals surface area contributed by atoms with Gasteiger partial charge in [-0.15, -0.1) is 0 Å². The largest absolute Gasteiger partial charge is 0.478 e. The Morgan fingerprint density at radius 1 is 1.13 bits per heavy atom. The van der Waals surface area contributed by atoms with Crippen molar-refractivity contribution in [1.82, 2.24) is 15.2 Å². The van der Waals surface area contributed by atoms with Gasteiger partial charge in [0.2, 0.25) is 5.95 Å². The number of nitrogens with one attached hydrogen (secondary N) is 1. The van der Waals surface area contributed by atoms with Crippen molar-refractivity contribution in [3.05, 3.63) is 101 Å². The maximum absolute atomic E-state index is 14.6.